The number of hydrogen-bond donors (Lipinski definition) is 2. The van der Waals surface area contributed by atoms with Crippen molar-refractivity contribution in [3.8, 4) is 0 Å². The summed E-state index contributed by atoms with van der Waals surface area (Å²) in [5.41, 5.74) is -0.729. The zero-order valence-corrected chi connectivity index (χ0v) is 15.0. The molecule has 3 aliphatic rings. The van der Waals surface area contributed by atoms with Gasteiger partial charge >= 0.3 is 12.0 Å². The normalized spacial score (nSPS) is 29.7. The predicted octanol–water partition coefficient (Wildman–Crippen LogP) is 2.31. The van der Waals surface area contributed by atoms with Gasteiger partial charge in [-0.25, -0.2) is 4.79 Å². The zero-order valence-electron chi connectivity index (χ0n) is 15.0. The van der Waals surface area contributed by atoms with Gasteiger partial charge in [0.15, 0.2) is 0 Å². The number of fused-ring (bicyclic) bond motifs is 1. The maximum atomic E-state index is 12.7. The zero-order chi connectivity index (χ0) is 18.1. The first kappa shape index (κ1) is 17.4. The topological polar surface area (TPSA) is 86.0 Å². The lowest BCUT2D eigenvalue weighted by Crippen LogP contribution is -2.44. The Morgan fingerprint density at radius 3 is 2.81 bits per heavy atom. The largest absolute Gasteiger partial charge is 0.481 e. The van der Waals surface area contributed by atoms with E-state index < -0.39 is 11.4 Å². The fourth-order valence-electron chi connectivity index (χ4n) is 5.03. The average Bonchev–Trinajstić information content (AvgIpc) is 3.38. The van der Waals surface area contributed by atoms with Crippen molar-refractivity contribution in [1.82, 2.24) is 15.1 Å². The van der Waals surface area contributed by atoms with E-state index in [1.54, 1.807) is 11.2 Å². The third-order valence-corrected chi connectivity index (χ3v) is 6.48. The SMILES string of the molecule is O=C(NCC(c1ccco1)N1CCCC1)N1C[C@@H]2CCC[C@@]2(C(=O)O)C1. The van der Waals surface area contributed by atoms with Crippen molar-refractivity contribution in [2.75, 3.05) is 32.7 Å². The van der Waals surface area contributed by atoms with Crippen molar-refractivity contribution in [2.45, 2.75) is 38.1 Å². The maximum Gasteiger partial charge on any atom is 0.317 e. The Morgan fingerprint density at radius 2 is 2.15 bits per heavy atom. The van der Waals surface area contributed by atoms with E-state index in [9.17, 15) is 14.7 Å². The molecule has 0 spiro atoms. The fourth-order valence-corrected chi connectivity index (χ4v) is 5.03. The summed E-state index contributed by atoms with van der Waals surface area (Å²) in [5.74, 6) is 0.207. The number of carboxylic acids is 1. The van der Waals surface area contributed by atoms with Crippen LogP contribution in [0, 0.1) is 11.3 Å². The standard InChI is InChI=1S/C19H27N3O4/c23-17(24)19-7-3-5-14(19)12-22(13-19)18(25)20-11-15(16-6-4-10-26-16)21-8-1-2-9-21/h4,6,10,14-15H,1-3,5,7-9,11-13H2,(H,20,25)(H,23,24)/t14-,15?,19+/m0/s1. The van der Waals surface area contributed by atoms with Crippen molar-refractivity contribution in [2.24, 2.45) is 11.3 Å². The number of nitrogens with one attached hydrogen (secondary N) is 1. The number of nitrogens with zero attached hydrogens (tertiary/aromatic N) is 2. The summed E-state index contributed by atoms with van der Waals surface area (Å²) >= 11 is 0. The van der Waals surface area contributed by atoms with Gasteiger partial charge in [0, 0.05) is 19.6 Å². The summed E-state index contributed by atoms with van der Waals surface area (Å²) in [6.45, 7) is 3.37. The molecule has 3 fully saturated rings. The first-order valence-corrected chi connectivity index (χ1v) is 9.64. The number of furan rings is 1. The molecule has 1 unspecified atom stereocenters. The molecule has 142 valence electrons. The van der Waals surface area contributed by atoms with Crippen LogP contribution in [0.4, 0.5) is 4.79 Å². The van der Waals surface area contributed by atoms with Crippen LogP contribution in [0.2, 0.25) is 0 Å². The van der Waals surface area contributed by atoms with Gasteiger partial charge in [0.1, 0.15) is 5.76 Å². The number of rotatable bonds is 5. The van der Waals surface area contributed by atoms with Crippen LogP contribution in [0.25, 0.3) is 0 Å². The van der Waals surface area contributed by atoms with Gasteiger partial charge in [0.05, 0.1) is 17.7 Å². The minimum Gasteiger partial charge on any atom is -0.481 e. The third kappa shape index (κ3) is 2.98. The minimum atomic E-state index is -0.749. The molecule has 2 aliphatic heterocycles. The monoisotopic (exact) mass is 361 g/mol. The number of carbonyl (C=O) groups is 2. The first-order valence-electron chi connectivity index (χ1n) is 9.64. The van der Waals surface area contributed by atoms with Crippen LogP contribution in [0.3, 0.4) is 0 Å². The third-order valence-electron chi connectivity index (χ3n) is 6.48. The van der Waals surface area contributed by atoms with Gasteiger partial charge in [0.2, 0.25) is 0 Å². The van der Waals surface area contributed by atoms with E-state index >= 15 is 0 Å². The van der Waals surface area contributed by atoms with Crippen molar-refractivity contribution in [1.29, 1.82) is 0 Å². The fraction of sp³-hybridized carbons (Fsp3) is 0.684. The summed E-state index contributed by atoms with van der Waals surface area (Å²) in [7, 11) is 0. The molecule has 0 aromatic carbocycles. The second kappa shape index (κ2) is 6.95. The number of carbonyl (C=O) groups excluding carboxylic acids is 1. The maximum absolute atomic E-state index is 12.7. The van der Waals surface area contributed by atoms with E-state index in [-0.39, 0.29) is 18.0 Å². The van der Waals surface area contributed by atoms with Gasteiger partial charge in [-0.05, 0) is 56.8 Å². The summed E-state index contributed by atoms with van der Waals surface area (Å²) in [6.07, 6.45) is 6.53. The lowest BCUT2D eigenvalue weighted by molar-refractivity contribution is -0.149. The number of amides is 2. The lowest BCUT2D eigenvalue weighted by atomic mass is 9.81. The van der Waals surface area contributed by atoms with E-state index in [1.165, 1.54) is 12.8 Å². The quantitative estimate of drug-likeness (QED) is 0.840. The van der Waals surface area contributed by atoms with Gasteiger partial charge in [-0.15, -0.1) is 0 Å². The molecular weight excluding hydrogens is 334 g/mol. The molecule has 1 saturated carbocycles. The number of urea groups is 1. The molecule has 4 rings (SSSR count). The first-order chi connectivity index (χ1) is 12.6. The van der Waals surface area contributed by atoms with Crippen molar-refractivity contribution >= 4 is 12.0 Å². The predicted molar refractivity (Wildman–Crippen MR) is 94.6 cm³/mol. The van der Waals surface area contributed by atoms with E-state index in [2.05, 4.69) is 10.2 Å². The number of carboxylic acid groups (broad SMARTS) is 1. The minimum absolute atomic E-state index is 0.0342. The summed E-state index contributed by atoms with van der Waals surface area (Å²) < 4.78 is 5.59. The lowest BCUT2D eigenvalue weighted by Gasteiger charge is -2.27. The highest BCUT2D eigenvalue weighted by atomic mass is 16.4. The summed E-state index contributed by atoms with van der Waals surface area (Å²) in [6, 6.07) is 3.70. The molecule has 1 aliphatic carbocycles. The Hall–Kier alpha value is -2.02. The highest BCUT2D eigenvalue weighted by molar-refractivity contribution is 5.80. The second-order valence-corrected chi connectivity index (χ2v) is 7.89. The van der Waals surface area contributed by atoms with Gasteiger partial charge in [-0.1, -0.05) is 6.42 Å². The van der Waals surface area contributed by atoms with Crippen molar-refractivity contribution in [3.63, 3.8) is 0 Å². The highest BCUT2D eigenvalue weighted by Crippen LogP contribution is 2.48. The van der Waals surface area contributed by atoms with Crippen LogP contribution in [0.15, 0.2) is 22.8 Å². The van der Waals surface area contributed by atoms with Gasteiger partial charge in [-0.2, -0.15) is 0 Å². The molecule has 3 heterocycles. The Balaban J connectivity index is 1.39. The van der Waals surface area contributed by atoms with E-state index in [4.69, 9.17) is 4.42 Å². The number of likely N-dealkylation sites (tertiary alicyclic amines) is 2. The molecule has 7 nitrogen and oxygen atoms in total. The van der Waals surface area contributed by atoms with Gasteiger partial charge in [0.25, 0.3) is 0 Å². The average molecular weight is 361 g/mol. The molecule has 1 aromatic heterocycles. The Bertz CT molecular complexity index is 656. The molecule has 1 aromatic rings. The Morgan fingerprint density at radius 1 is 1.35 bits per heavy atom. The van der Waals surface area contributed by atoms with Crippen LogP contribution in [-0.2, 0) is 4.79 Å². The van der Waals surface area contributed by atoms with Crippen LogP contribution in [0.1, 0.15) is 43.9 Å². The van der Waals surface area contributed by atoms with Gasteiger partial charge in [-0.3, -0.25) is 9.69 Å². The molecule has 0 radical (unpaired) electrons. The molecule has 2 N–H and O–H groups in total. The molecule has 7 heteroatoms. The smallest absolute Gasteiger partial charge is 0.317 e. The van der Waals surface area contributed by atoms with E-state index in [0.717, 1.165) is 31.7 Å². The second-order valence-electron chi connectivity index (χ2n) is 7.89. The Labute approximate surface area is 153 Å². The van der Waals surface area contributed by atoms with Gasteiger partial charge < -0.3 is 19.7 Å². The molecular formula is C19H27N3O4. The molecule has 2 saturated heterocycles. The molecule has 2 amide bonds. The molecule has 0 bridgehead atoms. The highest BCUT2D eigenvalue weighted by Gasteiger charge is 2.55. The molecule has 3 atom stereocenters. The van der Waals surface area contributed by atoms with Crippen LogP contribution < -0.4 is 5.32 Å². The van der Waals surface area contributed by atoms with Crippen molar-refractivity contribution < 1.29 is 19.1 Å². The van der Waals surface area contributed by atoms with E-state index in [0.29, 0.717) is 26.1 Å². The van der Waals surface area contributed by atoms with Crippen LogP contribution in [0.5, 0.6) is 0 Å². The number of aliphatic carboxylic acids is 1. The van der Waals surface area contributed by atoms with Crippen molar-refractivity contribution in [3.05, 3.63) is 24.2 Å². The Kier molecular flexibility index (Phi) is 4.65. The number of hydrogen-bond acceptors (Lipinski definition) is 4. The van der Waals surface area contributed by atoms with E-state index in [1.807, 2.05) is 12.1 Å². The van der Waals surface area contributed by atoms with Crippen LogP contribution in [-0.4, -0.2) is 59.6 Å². The summed E-state index contributed by atoms with van der Waals surface area (Å²) in [4.78, 5) is 28.5. The van der Waals surface area contributed by atoms with Crippen LogP contribution >= 0.6 is 0 Å². The summed E-state index contributed by atoms with van der Waals surface area (Å²) in [5, 5.41) is 12.7. The molecule has 26 heavy (non-hydrogen) atoms.